The number of aromatic nitrogens is 1. The van der Waals surface area contributed by atoms with Gasteiger partial charge in [-0.3, -0.25) is 4.98 Å². The fourth-order valence-corrected chi connectivity index (χ4v) is 4.02. The highest BCUT2D eigenvalue weighted by Crippen LogP contribution is 2.34. The SMILES string of the molecule is C=C(C)N(c1cnccc1OC)C1CCN(c2ccc(SC)cc2)CC1. The summed E-state index contributed by atoms with van der Waals surface area (Å²) in [6, 6.07) is 11.2. The number of piperidine rings is 1. The summed E-state index contributed by atoms with van der Waals surface area (Å²) in [5, 5.41) is 0. The molecule has 0 saturated carbocycles. The molecule has 1 fully saturated rings. The van der Waals surface area contributed by atoms with E-state index in [1.165, 1.54) is 10.6 Å². The second kappa shape index (κ2) is 8.49. The molecule has 0 amide bonds. The third-order valence-corrected chi connectivity index (χ3v) is 5.66. The number of allylic oxidation sites excluding steroid dienone is 1. The zero-order valence-corrected chi connectivity index (χ0v) is 16.6. The smallest absolute Gasteiger partial charge is 0.145 e. The second-order valence-corrected chi connectivity index (χ2v) is 7.45. The Morgan fingerprint density at radius 2 is 1.92 bits per heavy atom. The molecule has 1 aliphatic heterocycles. The van der Waals surface area contributed by atoms with E-state index in [4.69, 9.17) is 4.74 Å². The van der Waals surface area contributed by atoms with Crippen LogP contribution in [0.4, 0.5) is 11.4 Å². The minimum Gasteiger partial charge on any atom is -0.494 e. The Balaban J connectivity index is 1.73. The summed E-state index contributed by atoms with van der Waals surface area (Å²) < 4.78 is 5.54. The van der Waals surface area contributed by atoms with Crippen LogP contribution in [0, 0.1) is 0 Å². The van der Waals surface area contributed by atoms with Crippen LogP contribution in [-0.4, -0.2) is 37.5 Å². The molecule has 3 rings (SSSR count). The number of methoxy groups -OCH3 is 1. The molecule has 1 aromatic carbocycles. The van der Waals surface area contributed by atoms with Crippen molar-refractivity contribution in [3.05, 3.63) is 55.0 Å². The summed E-state index contributed by atoms with van der Waals surface area (Å²) in [5.74, 6) is 0.845. The molecule has 0 bridgehead atoms. The zero-order valence-electron chi connectivity index (χ0n) is 15.8. The molecule has 1 saturated heterocycles. The maximum absolute atomic E-state index is 5.54. The highest BCUT2D eigenvalue weighted by Gasteiger charge is 2.27. The summed E-state index contributed by atoms with van der Waals surface area (Å²) in [6.45, 7) is 8.34. The van der Waals surface area contributed by atoms with Gasteiger partial charge in [-0.2, -0.15) is 0 Å². The molecule has 2 heterocycles. The summed E-state index contributed by atoms with van der Waals surface area (Å²) in [5.41, 5.74) is 3.34. The van der Waals surface area contributed by atoms with Crippen molar-refractivity contribution in [3.8, 4) is 5.75 Å². The van der Waals surface area contributed by atoms with Crippen molar-refractivity contribution in [1.29, 1.82) is 0 Å². The van der Waals surface area contributed by atoms with E-state index in [-0.39, 0.29) is 0 Å². The van der Waals surface area contributed by atoms with Gasteiger partial charge in [0.05, 0.1) is 13.3 Å². The van der Waals surface area contributed by atoms with Crippen molar-refractivity contribution >= 4 is 23.1 Å². The number of hydrogen-bond donors (Lipinski definition) is 0. The number of hydrogen-bond acceptors (Lipinski definition) is 5. The highest BCUT2D eigenvalue weighted by atomic mass is 32.2. The summed E-state index contributed by atoms with van der Waals surface area (Å²) in [4.78, 5) is 10.4. The average Bonchev–Trinajstić information content (AvgIpc) is 2.69. The molecule has 0 aliphatic carbocycles. The number of thioether (sulfide) groups is 1. The molecule has 2 aromatic rings. The van der Waals surface area contributed by atoms with Gasteiger partial charge in [-0.25, -0.2) is 0 Å². The maximum Gasteiger partial charge on any atom is 0.145 e. The lowest BCUT2D eigenvalue weighted by Crippen LogP contribution is -2.44. The van der Waals surface area contributed by atoms with E-state index in [9.17, 15) is 0 Å². The van der Waals surface area contributed by atoms with Crippen molar-refractivity contribution in [2.75, 3.05) is 36.3 Å². The highest BCUT2D eigenvalue weighted by molar-refractivity contribution is 7.98. The first kappa shape index (κ1) is 18.6. The largest absolute Gasteiger partial charge is 0.494 e. The van der Waals surface area contributed by atoms with Crippen molar-refractivity contribution in [2.24, 2.45) is 0 Å². The zero-order chi connectivity index (χ0) is 18.5. The fourth-order valence-electron chi connectivity index (χ4n) is 3.62. The van der Waals surface area contributed by atoms with E-state index in [0.717, 1.165) is 43.1 Å². The lowest BCUT2D eigenvalue weighted by Gasteiger charge is -2.41. The van der Waals surface area contributed by atoms with E-state index in [2.05, 4.69) is 58.8 Å². The Morgan fingerprint density at radius 1 is 1.23 bits per heavy atom. The quantitative estimate of drug-likeness (QED) is 0.681. The van der Waals surface area contributed by atoms with E-state index >= 15 is 0 Å². The number of pyridine rings is 1. The molecule has 0 N–H and O–H groups in total. The normalized spacial score (nSPS) is 15.0. The summed E-state index contributed by atoms with van der Waals surface area (Å²) >= 11 is 1.78. The van der Waals surface area contributed by atoms with Gasteiger partial charge in [-0.15, -0.1) is 11.8 Å². The molecule has 138 valence electrons. The Labute approximate surface area is 160 Å². The maximum atomic E-state index is 5.54. The first-order valence-corrected chi connectivity index (χ1v) is 10.2. The summed E-state index contributed by atoms with van der Waals surface area (Å²) in [6.07, 6.45) is 7.91. The Hall–Kier alpha value is -2.14. The number of ether oxygens (including phenoxy) is 1. The predicted molar refractivity (Wildman–Crippen MR) is 112 cm³/mol. The minimum absolute atomic E-state index is 0.410. The van der Waals surface area contributed by atoms with Crippen molar-refractivity contribution in [2.45, 2.75) is 30.7 Å². The van der Waals surface area contributed by atoms with Gasteiger partial charge in [0.1, 0.15) is 11.4 Å². The third-order valence-electron chi connectivity index (χ3n) is 4.92. The van der Waals surface area contributed by atoms with Crippen LogP contribution in [0.3, 0.4) is 0 Å². The van der Waals surface area contributed by atoms with Crippen molar-refractivity contribution in [3.63, 3.8) is 0 Å². The van der Waals surface area contributed by atoms with E-state index in [1.54, 1.807) is 25.1 Å². The predicted octanol–water partition coefficient (Wildman–Crippen LogP) is 4.82. The Morgan fingerprint density at radius 3 is 2.50 bits per heavy atom. The van der Waals surface area contributed by atoms with E-state index in [0.29, 0.717) is 6.04 Å². The number of nitrogens with zero attached hydrogens (tertiary/aromatic N) is 3. The molecule has 0 spiro atoms. The monoisotopic (exact) mass is 369 g/mol. The van der Waals surface area contributed by atoms with Gasteiger partial charge in [0.15, 0.2) is 0 Å². The van der Waals surface area contributed by atoms with E-state index in [1.807, 2.05) is 12.3 Å². The van der Waals surface area contributed by atoms with Crippen LogP contribution >= 0.6 is 11.8 Å². The topological polar surface area (TPSA) is 28.6 Å². The third kappa shape index (κ3) is 3.98. The lowest BCUT2D eigenvalue weighted by molar-refractivity contribution is 0.409. The molecule has 0 atom stereocenters. The van der Waals surface area contributed by atoms with Crippen LogP contribution in [0.2, 0.25) is 0 Å². The number of rotatable bonds is 6. The van der Waals surface area contributed by atoms with Crippen LogP contribution < -0.4 is 14.5 Å². The molecule has 1 aliphatic rings. The minimum atomic E-state index is 0.410. The molecule has 26 heavy (non-hydrogen) atoms. The van der Waals surface area contributed by atoms with Gasteiger partial charge >= 0.3 is 0 Å². The molecule has 0 radical (unpaired) electrons. The van der Waals surface area contributed by atoms with Crippen LogP contribution in [0.1, 0.15) is 19.8 Å². The molecule has 1 aromatic heterocycles. The Bertz CT molecular complexity index is 739. The molecule has 0 unspecified atom stereocenters. The first-order valence-electron chi connectivity index (χ1n) is 8.95. The second-order valence-electron chi connectivity index (χ2n) is 6.57. The number of benzene rings is 1. The standard InChI is InChI=1S/C21H27N3OS/c1-16(2)24(20-15-22-12-9-21(20)25-3)18-10-13-23(14-11-18)17-5-7-19(26-4)8-6-17/h5-9,12,15,18H,1,10-11,13-14H2,2-4H3. The van der Waals surface area contributed by atoms with Gasteiger partial charge in [0.25, 0.3) is 0 Å². The molecular formula is C21H27N3OS. The van der Waals surface area contributed by atoms with Gasteiger partial charge < -0.3 is 14.5 Å². The molecule has 4 nitrogen and oxygen atoms in total. The van der Waals surface area contributed by atoms with Crippen molar-refractivity contribution in [1.82, 2.24) is 4.98 Å². The Kier molecular flexibility index (Phi) is 6.09. The van der Waals surface area contributed by atoms with Crippen LogP contribution in [0.5, 0.6) is 5.75 Å². The van der Waals surface area contributed by atoms with Gasteiger partial charge in [-0.05, 0) is 50.3 Å². The van der Waals surface area contributed by atoms with Crippen LogP contribution in [0.15, 0.2) is 59.9 Å². The number of anilines is 2. The average molecular weight is 370 g/mol. The van der Waals surface area contributed by atoms with Crippen LogP contribution in [0.25, 0.3) is 0 Å². The van der Waals surface area contributed by atoms with Gasteiger partial charge in [0, 0.05) is 47.7 Å². The summed E-state index contributed by atoms with van der Waals surface area (Å²) in [7, 11) is 1.70. The first-order chi connectivity index (χ1) is 12.6. The fraction of sp³-hybridized carbons (Fsp3) is 0.381. The van der Waals surface area contributed by atoms with Gasteiger partial charge in [0.2, 0.25) is 0 Å². The van der Waals surface area contributed by atoms with E-state index < -0.39 is 0 Å². The van der Waals surface area contributed by atoms with Crippen molar-refractivity contribution < 1.29 is 4.74 Å². The van der Waals surface area contributed by atoms with Gasteiger partial charge in [-0.1, -0.05) is 6.58 Å². The molecular weight excluding hydrogens is 342 g/mol. The lowest BCUT2D eigenvalue weighted by atomic mass is 10.0. The molecule has 5 heteroatoms. The van der Waals surface area contributed by atoms with Crippen LogP contribution in [-0.2, 0) is 0 Å².